The first-order chi connectivity index (χ1) is 8.72. The minimum Gasteiger partial charge on any atom is -0.488 e. The van der Waals surface area contributed by atoms with E-state index in [9.17, 15) is 0 Å². The second kappa shape index (κ2) is 6.24. The monoisotopic (exact) mass is 247 g/mol. The summed E-state index contributed by atoms with van der Waals surface area (Å²) < 4.78 is 5.95. The van der Waals surface area contributed by atoms with Gasteiger partial charge in [0.2, 0.25) is 0 Å². The molecule has 100 valence electrons. The molecular formula is C16H25NO. The van der Waals surface area contributed by atoms with Gasteiger partial charge in [0.15, 0.2) is 0 Å². The number of nitrogens with one attached hydrogen (secondary N) is 1. The second-order valence-corrected chi connectivity index (χ2v) is 5.40. The van der Waals surface area contributed by atoms with Crippen molar-refractivity contribution in [3.63, 3.8) is 0 Å². The largest absolute Gasteiger partial charge is 0.488 e. The van der Waals surface area contributed by atoms with Gasteiger partial charge in [-0.15, -0.1) is 0 Å². The van der Waals surface area contributed by atoms with Crippen molar-refractivity contribution in [2.45, 2.75) is 46.1 Å². The third kappa shape index (κ3) is 3.26. The third-order valence-electron chi connectivity index (χ3n) is 3.92. The van der Waals surface area contributed by atoms with E-state index >= 15 is 0 Å². The van der Waals surface area contributed by atoms with Gasteiger partial charge in [-0.3, -0.25) is 0 Å². The molecule has 2 heteroatoms. The number of ether oxygens (including phenoxy) is 1. The zero-order valence-electron chi connectivity index (χ0n) is 11.8. The molecule has 0 aliphatic carbocycles. The summed E-state index contributed by atoms with van der Waals surface area (Å²) in [6.07, 6.45) is 3.88. The second-order valence-electron chi connectivity index (χ2n) is 5.40. The standard InChI is InChI=1S/C16H25NO/c1-4-13(5-2)10-17-11-15-9-14-8-12(3)6-7-16(14)18-15/h6-8,13,15,17H,4-5,9-11H2,1-3H3. The third-order valence-corrected chi connectivity index (χ3v) is 3.92. The van der Waals surface area contributed by atoms with Crippen LogP contribution in [0, 0.1) is 12.8 Å². The van der Waals surface area contributed by atoms with Crippen LogP contribution in [0.4, 0.5) is 0 Å². The van der Waals surface area contributed by atoms with Gasteiger partial charge in [-0.2, -0.15) is 0 Å². The molecule has 1 heterocycles. The average molecular weight is 247 g/mol. The van der Waals surface area contributed by atoms with Crippen molar-refractivity contribution in [2.24, 2.45) is 5.92 Å². The van der Waals surface area contributed by atoms with Gasteiger partial charge >= 0.3 is 0 Å². The minimum absolute atomic E-state index is 0.316. The molecule has 1 aromatic rings. The Hall–Kier alpha value is -1.02. The molecule has 1 N–H and O–H groups in total. The molecule has 0 radical (unpaired) electrons. The van der Waals surface area contributed by atoms with E-state index in [4.69, 9.17) is 4.74 Å². The maximum atomic E-state index is 5.95. The first kappa shape index (κ1) is 13.4. The molecule has 18 heavy (non-hydrogen) atoms. The Morgan fingerprint density at radius 2 is 2.11 bits per heavy atom. The number of benzene rings is 1. The Labute approximate surface area is 111 Å². The lowest BCUT2D eigenvalue weighted by atomic mass is 10.0. The smallest absolute Gasteiger partial charge is 0.123 e. The lowest BCUT2D eigenvalue weighted by molar-refractivity contribution is 0.224. The summed E-state index contributed by atoms with van der Waals surface area (Å²) in [5.41, 5.74) is 2.69. The predicted octanol–water partition coefficient (Wildman–Crippen LogP) is 3.32. The van der Waals surface area contributed by atoms with E-state index in [1.807, 2.05) is 0 Å². The fraction of sp³-hybridized carbons (Fsp3) is 0.625. The van der Waals surface area contributed by atoms with Gasteiger partial charge < -0.3 is 10.1 Å². The van der Waals surface area contributed by atoms with E-state index in [-0.39, 0.29) is 0 Å². The SMILES string of the molecule is CCC(CC)CNCC1Cc2cc(C)ccc2O1. The van der Waals surface area contributed by atoms with Crippen LogP contribution in [-0.2, 0) is 6.42 Å². The van der Waals surface area contributed by atoms with Crippen molar-refractivity contribution < 1.29 is 4.74 Å². The maximum absolute atomic E-state index is 5.95. The Morgan fingerprint density at radius 3 is 2.83 bits per heavy atom. The van der Waals surface area contributed by atoms with E-state index < -0.39 is 0 Å². The molecule has 0 aromatic heterocycles. The summed E-state index contributed by atoms with van der Waals surface area (Å²) >= 11 is 0. The van der Waals surface area contributed by atoms with E-state index in [0.717, 1.165) is 31.2 Å². The van der Waals surface area contributed by atoms with E-state index in [1.165, 1.54) is 24.0 Å². The van der Waals surface area contributed by atoms with Crippen LogP contribution in [0.25, 0.3) is 0 Å². The van der Waals surface area contributed by atoms with Crippen LogP contribution in [0.3, 0.4) is 0 Å². The van der Waals surface area contributed by atoms with Crippen molar-refractivity contribution in [1.29, 1.82) is 0 Å². The zero-order chi connectivity index (χ0) is 13.0. The van der Waals surface area contributed by atoms with E-state index in [2.05, 4.69) is 44.3 Å². The van der Waals surface area contributed by atoms with Crippen molar-refractivity contribution in [2.75, 3.05) is 13.1 Å². The fourth-order valence-electron chi connectivity index (χ4n) is 2.59. The Bertz CT molecular complexity index is 385. The van der Waals surface area contributed by atoms with Crippen LogP contribution in [0.15, 0.2) is 18.2 Å². The van der Waals surface area contributed by atoms with Gasteiger partial charge in [0, 0.05) is 13.0 Å². The summed E-state index contributed by atoms with van der Waals surface area (Å²) in [6.45, 7) is 8.74. The summed E-state index contributed by atoms with van der Waals surface area (Å²) in [5.74, 6) is 1.88. The summed E-state index contributed by atoms with van der Waals surface area (Å²) in [4.78, 5) is 0. The quantitative estimate of drug-likeness (QED) is 0.832. The molecule has 0 amide bonds. The molecule has 0 bridgehead atoms. The zero-order valence-corrected chi connectivity index (χ0v) is 11.8. The van der Waals surface area contributed by atoms with Gasteiger partial charge in [-0.1, -0.05) is 44.4 Å². The van der Waals surface area contributed by atoms with Crippen LogP contribution >= 0.6 is 0 Å². The summed E-state index contributed by atoms with van der Waals surface area (Å²) in [7, 11) is 0. The van der Waals surface area contributed by atoms with Gasteiger partial charge in [0.1, 0.15) is 11.9 Å². The first-order valence-corrected chi connectivity index (χ1v) is 7.19. The topological polar surface area (TPSA) is 21.3 Å². The van der Waals surface area contributed by atoms with Crippen molar-refractivity contribution in [1.82, 2.24) is 5.32 Å². The Kier molecular flexibility index (Phi) is 4.65. The maximum Gasteiger partial charge on any atom is 0.123 e. The minimum atomic E-state index is 0.316. The highest BCUT2D eigenvalue weighted by Crippen LogP contribution is 2.29. The average Bonchev–Trinajstić information content (AvgIpc) is 2.76. The highest BCUT2D eigenvalue weighted by molar-refractivity contribution is 5.40. The Morgan fingerprint density at radius 1 is 1.33 bits per heavy atom. The number of rotatable bonds is 6. The van der Waals surface area contributed by atoms with Crippen LogP contribution in [0.1, 0.15) is 37.8 Å². The molecule has 1 aliphatic rings. The molecule has 0 spiro atoms. The molecule has 1 unspecified atom stereocenters. The molecule has 0 fully saturated rings. The van der Waals surface area contributed by atoms with Gasteiger partial charge in [0.05, 0.1) is 0 Å². The molecule has 0 saturated heterocycles. The highest BCUT2D eigenvalue weighted by Gasteiger charge is 2.22. The van der Waals surface area contributed by atoms with Gasteiger partial charge in [-0.05, 0) is 31.0 Å². The van der Waals surface area contributed by atoms with E-state index in [0.29, 0.717) is 6.10 Å². The lowest BCUT2D eigenvalue weighted by Crippen LogP contribution is -2.33. The molecule has 1 atom stereocenters. The molecular weight excluding hydrogens is 222 g/mol. The highest BCUT2D eigenvalue weighted by atomic mass is 16.5. The van der Waals surface area contributed by atoms with Crippen LogP contribution in [0.2, 0.25) is 0 Å². The number of aryl methyl sites for hydroxylation is 1. The molecule has 2 rings (SSSR count). The van der Waals surface area contributed by atoms with E-state index in [1.54, 1.807) is 0 Å². The number of hydrogen-bond acceptors (Lipinski definition) is 2. The summed E-state index contributed by atoms with van der Waals surface area (Å²) in [6, 6.07) is 6.47. The van der Waals surface area contributed by atoms with Crippen molar-refractivity contribution in [3.8, 4) is 5.75 Å². The van der Waals surface area contributed by atoms with Crippen LogP contribution < -0.4 is 10.1 Å². The van der Waals surface area contributed by atoms with Gasteiger partial charge in [0.25, 0.3) is 0 Å². The molecule has 0 saturated carbocycles. The first-order valence-electron chi connectivity index (χ1n) is 7.19. The number of fused-ring (bicyclic) bond motifs is 1. The normalized spacial score (nSPS) is 17.9. The number of hydrogen-bond donors (Lipinski definition) is 1. The van der Waals surface area contributed by atoms with Crippen LogP contribution in [0.5, 0.6) is 5.75 Å². The van der Waals surface area contributed by atoms with Gasteiger partial charge in [-0.25, -0.2) is 0 Å². The van der Waals surface area contributed by atoms with Crippen molar-refractivity contribution in [3.05, 3.63) is 29.3 Å². The molecule has 2 nitrogen and oxygen atoms in total. The lowest BCUT2D eigenvalue weighted by Gasteiger charge is -2.16. The Balaban J connectivity index is 1.78. The van der Waals surface area contributed by atoms with Crippen LogP contribution in [-0.4, -0.2) is 19.2 Å². The molecule has 1 aromatic carbocycles. The summed E-state index contributed by atoms with van der Waals surface area (Å²) in [5, 5.41) is 3.55. The predicted molar refractivity (Wildman–Crippen MR) is 76.2 cm³/mol. The fourth-order valence-corrected chi connectivity index (χ4v) is 2.59. The van der Waals surface area contributed by atoms with Crippen molar-refractivity contribution >= 4 is 0 Å². The molecule has 1 aliphatic heterocycles.